The van der Waals surface area contributed by atoms with Crippen molar-refractivity contribution in [3.63, 3.8) is 0 Å². The highest BCUT2D eigenvalue weighted by Gasteiger charge is 2.16. The number of hydrogen-bond acceptors (Lipinski definition) is 4. The lowest BCUT2D eigenvalue weighted by atomic mass is 10.2. The average molecular weight is 327 g/mol. The molecular weight excluding hydrogens is 310 g/mol. The minimum absolute atomic E-state index is 0.0000616. The molecule has 2 aromatic rings. The molecule has 4 N–H and O–H groups in total. The average Bonchev–Trinajstić information content (AvgIpc) is 2.98. The molecule has 0 radical (unpaired) electrons. The molecular formula is C16H17N5O3. The molecule has 24 heavy (non-hydrogen) atoms. The number of rotatable bonds is 6. The SMILES string of the molecule is C=CC(=O)Nc1ccc(C(=O)Nc2cn(CC)nc2C(N)=O)cc1. The summed E-state index contributed by atoms with van der Waals surface area (Å²) in [6.07, 6.45) is 2.69. The smallest absolute Gasteiger partial charge is 0.271 e. The maximum atomic E-state index is 12.3. The van der Waals surface area contributed by atoms with Crippen molar-refractivity contribution in [1.29, 1.82) is 0 Å². The second kappa shape index (κ2) is 7.23. The number of aryl methyl sites for hydroxylation is 1. The van der Waals surface area contributed by atoms with E-state index in [0.717, 1.165) is 6.08 Å². The van der Waals surface area contributed by atoms with Gasteiger partial charge in [0.05, 0.1) is 5.69 Å². The molecule has 8 nitrogen and oxygen atoms in total. The largest absolute Gasteiger partial charge is 0.364 e. The zero-order valence-electron chi connectivity index (χ0n) is 13.1. The Balaban J connectivity index is 2.15. The van der Waals surface area contributed by atoms with Crippen molar-refractivity contribution < 1.29 is 14.4 Å². The molecule has 0 fully saturated rings. The number of aromatic nitrogens is 2. The molecule has 0 aliphatic carbocycles. The van der Waals surface area contributed by atoms with Crippen LogP contribution in [0.15, 0.2) is 43.1 Å². The van der Waals surface area contributed by atoms with Crippen LogP contribution >= 0.6 is 0 Å². The molecule has 0 spiro atoms. The molecule has 0 aliphatic rings. The summed E-state index contributed by atoms with van der Waals surface area (Å²) in [5.74, 6) is -1.49. The summed E-state index contributed by atoms with van der Waals surface area (Å²) in [6, 6.07) is 6.26. The van der Waals surface area contributed by atoms with Gasteiger partial charge < -0.3 is 16.4 Å². The maximum Gasteiger partial charge on any atom is 0.271 e. The van der Waals surface area contributed by atoms with E-state index in [1.54, 1.807) is 24.3 Å². The number of hydrogen-bond donors (Lipinski definition) is 3. The molecule has 0 unspecified atom stereocenters. The highest BCUT2D eigenvalue weighted by Crippen LogP contribution is 2.16. The number of benzene rings is 1. The van der Waals surface area contributed by atoms with E-state index in [1.165, 1.54) is 10.9 Å². The van der Waals surface area contributed by atoms with Gasteiger partial charge in [0.15, 0.2) is 5.69 Å². The highest BCUT2D eigenvalue weighted by atomic mass is 16.2. The van der Waals surface area contributed by atoms with Crippen LogP contribution in [-0.2, 0) is 11.3 Å². The maximum absolute atomic E-state index is 12.3. The van der Waals surface area contributed by atoms with E-state index >= 15 is 0 Å². The Morgan fingerprint density at radius 3 is 2.46 bits per heavy atom. The lowest BCUT2D eigenvalue weighted by molar-refractivity contribution is -0.111. The molecule has 124 valence electrons. The molecule has 3 amide bonds. The number of carbonyl (C=O) groups excluding carboxylic acids is 3. The number of primary amides is 1. The number of carbonyl (C=O) groups is 3. The first-order chi connectivity index (χ1) is 11.4. The standard InChI is InChI=1S/C16H17N5O3/c1-3-13(22)18-11-7-5-10(6-8-11)16(24)19-12-9-21(4-2)20-14(12)15(17)23/h3,5-9H,1,4H2,2H3,(H2,17,23)(H,18,22)(H,19,24). The van der Waals surface area contributed by atoms with E-state index in [0.29, 0.717) is 17.8 Å². The third-order valence-corrected chi connectivity index (χ3v) is 3.17. The van der Waals surface area contributed by atoms with E-state index in [2.05, 4.69) is 22.3 Å². The predicted octanol–water partition coefficient (Wildman–Crippen LogP) is 1.38. The molecule has 8 heteroatoms. The fraction of sp³-hybridized carbons (Fsp3) is 0.125. The summed E-state index contributed by atoms with van der Waals surface area (Å²) in [6.45, 7) is 5.74. The van der Waals surface area contributed by atoms with Gasteiger partial charge in [-0.15, -0.1) is 0 Å². The lowest BCUT2D eigenvalue weighted by Crippen LogP contribution is -2.18. The summed E-state index contributed by atoms with van der Waals surface area (Å²) in [7, 11) is 0. The molecule has 0 saturated carbocycles. The van der Waals surface area contributed by atoms with Crippen LogP contribution in [0.1, 0.15) is 27.8 Å². The van der Waals surface area contributed by atoms with Gasteiger partial charge in [-0.3, -0.25) is 19.1 Å². The van der Waals surface area contributed by atoms with Gasteiger partial charge in [0.1, 0.15) is 0 Å². The van der Waals surface area contributed by atoms with Crippen LogP contribution in [0.25, 0.3) is 0 Å². The van der Waals surface area contributed by atoms with Gasteiger partial charge in [-0.1, -0.05) is 6.58 Å². The number of nitrogens with one attached hydrogen (secondary N) is 2. The zero-order chi connectivity index (χ0) is 17.7. The quantitative estimate of drug-likeness (QED) is 0.694. The van der Waals surface area contributed by atoms with Crippen molar-refractivity contribution in [3.8, 4) is 0 Å². The molecule has 0 aliphatic heterocycles. The van der Waals surface area contributed by atoms with Gasteiger partial charge in [0.25, 0.3) is 11.8 Å². The first kappa shape index (κ1) is 16.9. The fourth-order valence-electron chi connectivity index (χ4n) is 1.95. The molecule has 1 heterocycles. The van der Waals surface area contributed by atoms with E-state index in [9.17, 15) is 14.4 Å². The van der Waals surface area contributed by atoms with Crippen molar-refractivity contribution >= 4 is 29.1 Å². The second-order valence-electron chi connectivity index (χ2n) is 4.84. The van der Waals surface area contributed by atoms with Crippen LogP contribution in [0.3, 0.4) is 0 Å². The molecule has 2 rings (SSSR count). The summed E-state index contributed by atoms with van der Waals surface area (Å²) in [4.78, 5) is 34.9. The van der Waals surface area contributed by atoms with Crippen LogP contribution in [0, 0.1) is 0 Å². The molecule has 1 aromatic heterocycles. The van der Waals surface area contributed by atoms with E-state index in [4.69, 9.17) is 5.73 Å². The zero-order valence-corrected chi connectivity index (χ0v) is 13.1. The van der Waals surface area contributed by atoms with E-state index in [1.807, 2.05) is 6.92 Å². The van der Waals surface area contributed by atoms with Crippen molar-refractivity contribution in [2.75, 3.05) is 10.6 Å². The monoisotopic (exact) mass is 327 g/mol. The van der Waals surface area contributed by atoms with Crippen LogP contribution in [0.5, 0.6) is 0 Å². The molecule has 0 bridgehead atoms. The predicted molar refractivity (Wildman–Crippen MR) is 89.6 cm³/mol. The summed E-state index contributed by atoms with van der Waals surface area (Å²) in [5.41, 5.74) is 6.40. The Morgan fingerprint density at radius 2 is 1.92 bits per heavy atom. The van der Waals surface area contributed by atoms with Crippen molar-refractivity contribution in [2.45, 2.75) is 13.5 Å². The topological polar surface area (TPSA) is 119 Å². The summed E-state index contributed by atoms with van der Waals surface area (Å²) >= 11 is 0. The number of nitrogens with two attached hydrogens (primary N) is 1. The van der Waals surface area contributed by atoms with Gasteiger partial charge in [-0.2, -0.15) is 5.10 Å². The molecule has 0 atom stereocenters. The first-order valence-corrected chi connectivity index (χ1v) is 7.16. The highest BCUT2D eigenvalue weighted by molar-refractivity contribution is 6.08. The number of amides is 3. The third kappa shape index (κ3) is 3.86. The molecule has 0 saturated heterocycles. The molecule has 1 aromatic carbocycles. The normalized spacial score (nSPS) is 10.0. The Kier molecular flexibility index (Phi) is 5.10. The van der Waals surface area contributed by atoms with Crippen molar-refractivity contribution in [3.05, 3.63) is 54.4 Å². The second-order valence-corrected chi connectivity index (χ2v) is 4.84. The van der Waals surface area contributed by atoms with Gasteiger partial charge in [-0.05, 0) is 37.3 Å². The Bertz CT molecular complexity index is 793. The Morgan fingerprint density at radius 1 is 1.25 bits per heavy atom. The first-order valence-electron chi connectivity index (χ1n) is 7.16. The summed E-state index contributed by atoms with van der Waals surface area (Å²) in [5, 5.41) is 9.19. The van der Waals surface area contributed by atoms with Gasteiger partial charge in [0, 0.05) is 24.0 Å². The van der Waals surface area contributed by atoms with E-state index < -0.39 is 11.8 Å². The van der Waals surface area contributed by atoms with Crippen LogP contribution < -0.4 is 16.4 Å². The third-order valence-electron chi connectivity index (χ3n) is 3.17. The Labute approximate surface area is 138 Å². The van der Waals surface area contributed by atoms with Crippen LogP contribution in [-0.4, -0.2) is 27.5 Å². The Hall–Kier alpha value is -3.42. The van der Waals surface area contributed by atoms with Gasteiger partial charge in [0.2, 0.25) is 5.91 Å². The van der Waals surface area contributed by atoms with Gasteiger partial charge >= 0.3 is 0 Å². The van der Waals surface area contributed by atoms with Crippen LogP contribution in [0.2, 0.25) is 0 Å². The number of anilines is 2. The lowest BCUT2D eigenvalue weighted by Gasteiger charge is -2.06. The summed E-state index contributed by atoms with van der Waals surface area (Å²) < 4.78 is 1.50. The van der Waals surface area contributed by atoms with Gasteiger partial charge in [-0.25, -0.2) is 0 Å². The minimum atomic E-state index is -0.722. The van der Waals surface area contributed by atoms with Crippen molar-refractivity contribution in [2.24, 2.45) is 5.73 Å². The van der Waals surface area contributed by atoms with Crippen LogP contribution in [0.4, 0.5) is 11.4 Å². The number of nitrogens with zero attached hydrogens (tertiary/aromatic N) is 2. The van der Waals surface area contributed by atoms with E-state index in [-0.39, 0.29) is 17.3 Å². The fourth-order valence-corrected chi connectivity index (χ4v) is 1.95. The van der Waals surface area contributed by atoms with Crippen molar-refractivity contribution in [1.82, 2.24) is 9.78 Å². The minimum Gasteiger partial charge on any atom is -0.364 e.